The number of hydrogen-bond acceptors (Lipinski definition) is 7. The molecular weight excluding hydrogens is 364 g/mol. The highest BCUT2D eigenvalue weighted by Crippen LogP contribution is 2.33. The van der Waals surface area contributed by atoms with Crippen molar-refractivity contribution in [2.24, 2.45) is 12.8 Å². The quantitative estimate of drug-likeness (QED) is 0.557. The van der Waals surface area contributed by atoms with Crippen LogP contribution in [0.25, 0.3) is 0 Å². The van der Waals surface area contributed by atoms with Crippen LogP contribution in [0.15, 0.2) is 17.6 Å². The van der Waals surface area contributed by atoms with Crippen molar-refractivity contribution in [2.75, 3.05) is 17.7 Å². The lowest BCUT2D eigenvalue weighted by molar-refractivity contribution is -0.113. The Balaban J connectivity index is 2.18. The number of esters is 1. The molecule has 0 fully saturated rings. The number of amides is 2. The number of nitrogens with two attached hydrogens (primary N) is 1. The molecular formula is C15H18N4O4S2. The molecule has 2 aromatic heterocycles. The van der Waals surface area contributed by atoms with Gasteiger partial charge in [0.25, 0.3) is 5.91 Å². The zero-order chi connectivity index (χ0) is 18.6. The smallest absolute Gasteiger partial charge is 0.341 e. The average molecular weight is 382 g/mol. The molecule has 0 aromatic carbocycles. The molecule has 0 aliphatic carbocycles. The molecule has 8 nitrogen and oxygen atoms in total. The van der Waals surface area contributed by atoms with Gasteiger partial charge in [0.15, 0.2) is 5.16 Å². The van der Waals surface area contributed by atoms with E-state index in [9.17, 15) is 14.4 Å². The largest absolute Gasteiger partial charge is 0.462 e. The normalized spacial score (nSPS) is 10.5. The van der Waals surface area contributed by atoms with E-state index in [1.165, 1.54) is 11.8 Å². The number of nitrogens with one attached hydrogen (secondary N) is 1. The van der Waals surface area contributed by atoms with Gasteiger partial charge in [-0.05, 0) is 19.4 Å². The number of carbonyl (C=O) groups excluding carboxylic acids is 3. The number of imidazole rings is 1. The second-order valence-corrected chi connectivity index (χ2v) is 6.97. The summed E-state index contributed by atoms with van der Waals surface area (Å²) < 4.78 is 6.80. The third-order valence-corrected chi connectivity index (χ3v) is 5.49. The highest BCUT2D eigenvalue weighted by Gasteiger charge is 2.25. The fraction of sp³-hybridized carbons (Fsp3) is 0.333. The molecule has 0 aliphatic rings. The maximum absolute atomic E-state index is 12.2. The summed E-state index contributed by atoms with van der Waals surface area (Å²) >= 11 is 2.23. The van der Waals surface area contributed by atoms with Gasteiger partial charge in [-0.25, -0.2) is 9.78 Å². The Hall–Kier alpha value is -2.33. The second-order valence-electron chi connectivity index (χ2n) is 5.00. The fourth-order valence-electron chi connectivity index (χ4n) is 2.07. The lowest BCUT2D eigenvalue weighted by Gasteiger charge is -2.07. The molecule has 0 unspecified atom stereocenters. The zero-order valence-corrected chi connectivity index (χ0v) is 15.6. The number of aryl methyl sites for hydroxylation is 1. The summed E-state index contributed by atoms with van der Waals surface area (Å²) in [6.45, 7) is 3.46. The first-order valence-corrected chi connectivity index (χ1v) is 9.15. The maximum Gasteiger partial charge on any atom is 0.341 e. The van der Waals surface area contributed by atoms with E-state index in [-0.39, 0.29) is 33.7 Å². The van der Waals surface area contributed by atoms with Gasteiger partial charge < -0.3 is 20.4 Å². The first kappa shape index (κ1) is 19.0. The van der Waals surface area contributed by atoms with Crippen molar-refractivity contribution in [3.63, 3.8) is 0 Å². The molecule has 0 atom stereocenters. The molecule has 0 radical (unpaired) electrons. The highest BCUT2D eigenvalue weighted by atomic mass is 32.2. The molecule has 10 heteroatoms. The van der Waals surface area contributed by atoms with Crippen LogP contribution in [0.1, 0.15) is 32.5 Å². The molecule has 25 heavy (non-hydrogen) atoms. The van der Waals surface area contributed by atoms with Gasteiger partial charge >= 0.3 is 5.97 Å². The van der Waals surface area contributed by atoms with Crippen molar-refractivity contribution in [3.05, 3.63) is 28.4 Å². The second kappa shape index (κ2) is 8.17. The van der Waals surface area contributed by atoms with Crippen LogP contribution in [0, 0.1) is 6.92 Å². The van der Waals surface area contributed by atoms with Crippen LogP contribution in [0.5, 0.6) is 0 Å². The Labute approximate surface area is 152 Å². The van der Waals surface area contributed by atoms with Crippen LogP contribution in [-0.4, -0.2) is 39.7 Å². The molecule has 0 spiro atoms. The Morgan fingerprint density at radius 2 is 2.16 bits per heavy atom. The Morgan fingerprint density at radius 1 is 1.44 bits per heavy atom. The van der Waals surface area contributed by atoms with Gasteiger partial charge in [-0.2, -0.15) is 0 Å². The van der Waals surface area contributed by atoms with E-state index >= 15 is 0 Å². The van der Waals surface area contributed by atoms with Crippen LogP contribution in [0.3, 0.4) is 0 Å². The Morgan fingerprint density at radius 3 is 2.72 bits per heavy atom. The van der Waals surface area contributed by atoms with E-state index in [0.717, 1.165) is 11.3 Å². The van der Waals surface area contributed by atoms with Crippen LogP contribution >= 0.6 is 23.1 Å². The lowest BCUT2D eigenvalue weighted by Crippen LogP contribution is -2.16. The molecule has 2 rings (SSSR count). The minimum atomic E-state index is -0.657. The van der Waals surface area contributed by atoms with Crippen LogP contribution in [0.2, 0.25) is 0 Å². The SMILES string of the molecule is CCOC(=O)c1c(NC(=O)CSc2nccn2C)sc(C(N)=O)c1C. The third-order valence-electron chi connectivity index (χ3n) is 3.21. The van der Waals surface area contributed by atoms with Crippen LogP contribution in [0.4, 0.5) is 5.00 Å². The number of ether oxygens (including phenoxy) is 1. The van der Waals surface area contributed by atoms with Crippen molar-refractivity contribution < 1.29 is 19.1 Å². The minimum Gasteiger partial charge on any atom is -0.462 e. The molecule has 0 saturated heterocycles. The number of anilines is 1. The van der Waals surface area contributed by atoms with Crippen LogP contribution in [-0.2, 0) is 16.6 Å². The van der Waals surface area contributed by atoms with Gasteiger partial charge in [0, 0.05) is 19.4 Å². The molecule has 134 valence electrons. The number of aromatic nitrogens is 2. The van der Waals surface area contributed by atoms with Crippen molar-refractivity contribution >= 4 is 45.9 Å². The molecule has 0 saturated carbocycles. The third kappa shape index (κ3) is 4.40. The maximum atomic E-state index is 12.2. The van der Waals surface area contributed by atoms with E-state index in [4.69, 9.17) is 10.5 Å². The monoisotopic (exact) mass is 382 g/mol. The van der Waals surface area contributed by atoms with Crippen molar-refractivity contribution in [1.29, 1.82) is 0 Å². The Kier molecular flexibility index (Phi) is 6.21. The topological polar surface area (TPSA) is 116 Å². The lowest BCUT2D eigenvalue weighted by atomic mass is 10.1. The number of hydrogen-bond donors (Lipinski definition) is 2. The van der Waals surface area contributed by atoms with E-state index in [1.54, 1.807) is 30.8 Å². The summed E-state index contributed by atoms with van der Waals surface area (Å²) in [7, 11) is 1.83. The van der Waals surface area contributed by atoms with Gasteiger partial charge in [-0.15, -0.1) is 11.3 Å². The number of thioether (sulfide) groups is 1. The predicted molar refractivity (Wildman–Crippen MR) is 96.1 cm³/mol. The summed E-state index contributed by atoms with van der Waals surface area (Å²) in [5.74, 6) is -1.47. The first-order valence-electron chi connectivity index (χ1n) is 7.35. The number of nitrogens with zero attached hydrogens (tertiary/aromatic N) is 2. The standard InChI is InChI=1S/C15H18N4O4S2/c1-4-23-14(22)10-8(2)11(12(16)21)25-13(10)18-9(20)7-24-15-17-5-6-19(15)3/h5-6H,4,7H2,1-3H3,(H2,16,21)(H,18,20). The van der Waals surface area contributed by atoms with Gasteiger partial charge in [-0.1, -0.05) is 11.8 Å². The number of carbonyl (C=O) groups is 3. The number of primary amides is 1. The van der Waals surface area contributed by atoms with E-state index < -0.39 is 11.9 Å². The summed E-state index contributed by atoms with van der Waals surface area (Å²) in [6.07, 6.45) is 3.42. The van der Waals surface area contributed by atoms with E-state index in [0.29, 0.717) is 10.7 Å². The molecule has 3 N–H and O–H groups in total. The van der Waals surface area contributed by atoms with E-state index in [1.807, 2.05) is 7.05 Å². The summed E-state index contributed by atoms with van der Waals surface area (Å²) in [6, 6.07) is 0. The van der Waals surface area contributed by atoms with Gasteiger partial charge in [0.05, 0.1) is 22.8 Å². The molecule has 2 amide bonds. The minimum absolute atomic E-state index is 0.107. The van der Waals surface area contributed by atoms with Gasteiger partial charge in [0.1, 0.15) is 5.00 Å². The first-order chi connectivity index (χ1) is 11.8. The van der Waals surface area contributed by atoms with Gasteiger partial charge in [0.2, 0.25) is 5.91 Å². The summed E-state index contributed by atoms with van der Waals surface area (Å²) in [5, 5.41) is 3.62. The van der Waals surface area contributed by atoms with Crippen molar-refractivity contribution in [2.45, 2.75) is 19.0 Å². The van der Waals surface area contributed by atoms with Gasteiger partial charge in [-0.3, -0.25) is 9.59 Å². The number of rotatable bonds is 7. The predicted octanol–water partition coefficient (Wildman–Crippen LogP) is 1.80. The Bertz CT molecular complexity index is 813. The molecule has 2 heterocycles. The van der Waals surface area contributed by atoms with E-state index in [2.05, 4.69) is 10.3 Å². The van der Waals surface area contributed by atoms with Crippen molar-refractivity contribution in [1.82, 2.24) is 9.55 Å². The summed E-state index contributed by atoms with van der Waals surface area (Å²) in [5.41, 5.74) is 5.90. The summed E-state index contributed by atoms with van der Waals surface area (Å²) in [4.78, 5) is 40.2. The molecule has 0 bridgehead atoms. The van der Waals surface area contributed by atoms with Crippen LogP contribution < -0.4 is 11.1 Å². The fourth-order valence-corrected chi connectivity index (χ4v) is 3.86. The number of thiophene rings is 1. The van der Waals surface area contributed by atoms with Crippen molar-refractivity contribution in [3.8, 4) is 0 Å². The highest BCUT2D eigenvalue weighted by molar-refractivity contribution is 7.99. The molecule has 2 aromatic rings. The molecule has 0 aliphatic heterocycles. The zero-order valence-electron chi connectivity index (χ0n) is 14.0. The average Bonchev–Trinajstić information content (AvgIpc) is 3.09.